The molecule has 1 heterocycles. The van der Waals surface area contributed by atoms with E-state index in [0.29, 0.717) is 25.9 Å². The van der Waals surface area contributed by atoms with Crippen LogP contribution in [0.1, 0.15) is 28.8 Å². The fourth-order valence-electron chi connectivity index (χ4n) is 2.35. The van der Waals surface area contributed by atoms with Gasteiger partial charge in [0.1, 0.15) is 0 Å². The van der Waals surface area contributed by atoms with Crippen LogP contribution in [0, 0.1) is 0 Å². The number of methoxy groups -OCH3 is 1. The molecule has 0 radical (unpaired) electrons. The van der Waals surface area contributed by atoms with E-state index in [0.717, 1.165) is 6.07 Å². The van der Waals surface area contributed by atoms with Gasteiger partial charge in [-0.05, 0) is 31.0 Å². The minimum Gasteiger partial charge on any atom is -0.381 e. The van der Waals surface area contributed by atoms with E-state index in [1.165, 1.54) is 12.1 Å². The third-order valence-corrected chi connectivity index (χ3v) is 4.27. The number of piperidine rings is 1. The molecule has 1 fully saturated rings. The summed E-state index contributed by atoms with van der Waals surface area (Å²) < 4.78 is 43.7. The summed E-state index contributed by atoms with van der Waals surface area (Å²) in [5, 5.41) is 0. The highest BCUT2D eigenvalue weighted by molar-refractivity contribution is 9.10. The van der Waals surface area contributed by atoms with Gasteiger partial charge in [-0.25, -0.2) is 0 Å². The van der Waals surface area contributed by atoms with E-state index in [1.807, 2.05) is 0 Å². The van der Waals surface area contributed by atoms with Crippen LogP contribution < -0.4 is 0 Å². The van der Waals surface area contributed by atoms with Crippen LogP contribution in [0.3, 0.4) is 0 Å². The number of alkyl halides is 3. The van der Waals surface area contributed by atoms with Crippen molar-refractivity contribution < 1.29 is 22.7 Å². The second-order valence-corrected chi connectivity index (χ2v) is 5.77. The van der Waals surface area contributed by atoms with Gasteiger partial charge < -0.3 is 9.64 Å². The van der Waals surface area contributed by atoms with Crippen molar-refractivity contribution >= 4 is 21.8 Å². The van der Waals surface area contributed by atoms with Crippen LogP contribution in [0.15, 0.2) is 22.7 Å². The summed E-state index contributed by atoms with van der Waals surface area (Å²) in [5.74, 6) is -0.373. The van der Waals surface area contributed by atoms with Gasteiger partial charge in [0.2, 0.25) is 0 Å². The Morgan fingerprint density at radius 2 is 1.95 bits per heavy atom. The predicted molar refractivity (Wildman–Crippen MR) is 75.1 cm³/mol. The number of carbonyl (C=O) groups is 1. The molecule has 116 valence electrons. The quantitative estimate of drug-likeness (QED) is 0.799. The zero-order valence-electron chi connectivity index (χ0n) is 11.4. The van der Waals surface area contributed by atoms with Crippen molar-refractivity contribution in [2.45, 2.75) is 25.1 Å². The molecule has 0 N–H and O–H groups in total. The van der Waals surface area contributed by atoms with Crippen molar-refractivity contribution in [3.05, 3.63) is 33.8 Å². The van der Waals surface area contributed by atoms with Crippen LogP contribution in [0.2, 0.25) is 0 Å². The highest BCUT2D eigenvalue weighted by atomic mass is 79.9. The Labute approximate surface area is 129 Å². The summed E-state index contributed by atoms with van der Waals surface area (Å²) in [6.07, 6.45) is -2.97. The second kappa shape index (κ2) is 6.36. The van der Waals surface area contributed by atoms with Crippen molar-refractivity contribution in [2.75, 3.05) is 20.2 Å². The molecule has 21 heavy (non-hydrogen) atoms. The first-order valence-corrected chi connectivity index (χ1v) is 7.31. The first-order valence-electron chi connectivity index (χ1n) is 6.51. The molecule has 0 aromatic heterocycles. The summed E-state index contributed by atoms with van der Waals surface area (Å²) in [7, 11) is 1.62. The van der Waals surface area contributed by atoms with E-state index in [9.17, 15) is 18.0 Å². The van der Waals surface area contributed by atoms with Gasteiger partial charge in [0, 0.05) is 30.2 Å². The highest BCUT2D eigenvalue weighted by Crippen LogP contribution is 2.35. The van der Waals surface area contributed by atoms with Gasteiger partial charge in [0.15, 0.2) is 0 Å². The van der Waals surface area contributed by atoms with Crippen molar-refractivity contribution in [3.8, 4) is 0 Å². The van der Waals surface area contributed by atoms with E-state index in [2.05, 4.69) is 15.9 Å². The van der Waals surface area contributed by atoms with E-state index < -0.39 is 11.7 Å². The summed E-state index contributed by atoms with van der Waals surface area (Å²) in [6, 6.07) is 3.57. The normalized spacial score (nSPS) is 17.1. The summed E-state index contributed by atoms with van der Waals surface area (Å²) in [6.45, 7) is 0.990. The number of rotatable bonds is 2. The zero-order chi connectivity index (χ0) is 15.6. The Morgan fingerprint density at radius 1 is 1.33 bits per heavy atom. The number of nitrogens with zero attached hydrogens (tertiary/aromatic N) is 1. The number of halogens is 4. The number of likely N-dealkylation sites (tertiary alicyclic amines) is 1. The maximum Gasteiger partial charge on any atom is 0.417 e. The molecule has 1 amide bonds. The van der Waals surface area contributed by atoms with Gasteiger partial charge in [-0.3, -0.25) is 4.79 Å². The smallest absolute Gasteiger partial charge is 0.381 e. The molecule has 1 aromatic carbocycles. The predicted octanol–water partition coefficient (Wildman–Crippen LogP) is 3.72. The van der Waals surface area contributed by atoms with Gasteiger partial charge in [-0.1, -0.05) is 15.9 Å². The van der Waals surface area contributed by atoms with Gasteiger partial charge in [0.05, 0.1) is 11.7 Å². The average Bonchev–Trinajstić information content (AvgIpc) is 2.46. The van der Waals surface area contributed by atoms with Gasteiger partial charge >= 0.3 is 6.18 Å². The first-order chi connectivity index (χ1) is 9.82. The van der Waals surface area contributed by atoms with E-state index >= 15 is 0 Å². The minimum atomic E-state index is -4.49. The highest BCUT2D eigenvalue weighted by Gasteiger charge is 2.34. The maximum atomic E-state index is 12.9. The molecule has 2 rings (SSSR count). The van der Waals surface area contributed by atoms with Crippen LogP contribution in [-0.4, -0.2) is 37.1 Å². The van der Waals surface area contributed by atoms with Crippen LogP contribution in [0.25, 0.3) is 0 Å². The minimum absolute atomic E-state index is 0.0568. The molecular weight excluding hydrogens is 351 g/mol. The molecule has 0 saturated carbocycles. The third kappa shape index (κ3) is 3.77. The first kappa shape index (κ1) is 16.3. The SMILES string of the molecule is COC1CCN(C(=O)c2ccc(Br)c(C(F)(F)F)c2)CC1. The number of benzene rings is 1. The van der Waals surface area contributed by atoms with Crippen LogP contribution in [0.4, 0.5) is 13.2 Å². The molecule has 7 heteroatoms. The largest absolute Gasteiger partial charge is 0.417 e. The molecule has 0 aliphatic carbocycles. The Bertz CT molecular complexity index is 525. The van der Waals surface area contributed by atoms with E-state index in [-0.39, 0.29) is 22.0 Å². The van der Waals surface area contributed by atoms with Gasteiger partial charge in [-0.15, -0.1) is 0 Å². The van der Waals surface area contributed by atoms with Gasteiger partial charge in [0.25, 0.3) is 5.91 Å². The summed E-state index contributed by atoms with van der Waals surface area (Å²) in [4.78, 5) is 13.9. The van der Waals surface area contributed by atoms with Crippen molar-refractivity contribution in [1.82, 2.24) is 4.90 Å². The maximum absolute atomic E-state index is 12.9. The average molecular weight is 366 g/mol. The second-order valence-electron chi connectivity index (χ2n) is 4.92. The number of carbonyl (C=O) groups excluding carboxylic acids is 1. The van der Waals surface area contributed by atoms with Crippen LogP contribution in [-0.2, 0) is 10.9 Å². The number of hydrogen-bond acceptors (Lipinski definition) is 2. The Kier molecular flexibility index (Phi) is 4.93. The number of ether oxygens (including phenoxy) is 1. The lowest BCUT2D eigenvalue weighted by Gasteiger charge is -2.31. The van der Waals surface area contributed by atoms with Crippen molar-refractivity contribution in [1.29, 1.82) is 0 Å². The fraction of sp³-hybridized carbons (Fsp3) is 0.500. The van der Waals surface area contributed by atoms with Crippen LogP contribution in [0.5, 0.6) is 0 Å². The van der Waals surface area contributed by atoms with Gasteiger partial charge in [-0.2, -0.15) is 13.2 Å². The Morgan fingerprint density at radius 3 is 2.48 bits per heavy atom. The lowest BCUT2D eigenvalue weighted by atomic mass is 10.0. The molecule has 0 unspecified atom stereocenters. The zero-order valence-corrected chi connectivity index (χ0v) is 13.0. The van der Waals surface area contributed by atoms with Crippen LogP contribution >= 0.6 is 15.9 Å². The molecule has 1 saturated heterocycles. The third-order valence-electron chi connectivity index (χ3n) is 3.58. The van der Waals surface area contributed by atoms with Crippen molar-refractivity contribution in [3.63, 3.8) is 0 Å². The number of amides is 1. The lowest BCUT2D eigenvalue weighted by molar-refractivity contribution is -0.138. The molecule has 3 nitrogen and oxygen atoms in total. The molecule has 0 atom stereocenters. The standard InChI is InChI=1S/C14H15BrF3NO2/c1-21-10-4-6-19(7-5-10)13(20)9-2-3-12(15)11(8-9)14(16,17)18/h2-3,8,10H,4-7H2,1H3. The van der Waals surface area contributed by atoms with E-state index in [4.69, 9.17) is 4.74 Å². The lowest BCUT2D eigenvalue weighted by Crippen LogP contribution is -2.40. The fourth-order valence-corrected chi connectivity index (χ4v) is 2.82. The molecule has 1 aliphatic rings. The molecule has 0 bridgehead atoms. The van der Waals surface area contributed by atoms with Crippen molar-refractivity contribution in [2.24, 2.45) is 0 Å². The topological polar surface area (TPSA) is 29.5 Å². The number of hydrogen-bond donors (Lipinski definition) is 0. The molecule has 1 aliphatic heterocycles. The van der Waals surface area contributed by atoms with E-state index in [1.54, 1.807) is 12.0 Å². The Balaban J connectivity index is 2.17. The summed E-state index contributed by atoms with van der Waals surface area (Å²) in [5.41, 5.74) is -0.776. The monoisotopic (exact) mass is 365 g/mol. The Hall–Kier alpha value is -1.08. The molecule has 1 aromatic rings. The molecular formula is C14H15BrF3NO2. The molecule has 0 spiro atoms. The summed E-state index contributed by atoms with van der Waals surface area (Å²) >= 11 is 2.87.